The van der Waals surface area contributed by atoms with Crippen LogP contribution in [0.4, 0.5) is 0 Å². The van der Waals surface area contributed by atoms with Gasteiger partial charge in [0.05, 0.1) is 0 Å². The van der Waals surface area contributed by atoms with Crippen LogP contribution in [0.1, 0.15) is 56.1 Å². The van der Waals surface area contributed by atoms with Crippen molar-refractivity contribution in [3.8, 4) is 0 Å². The van der Waals surface area contributed by atoms with Crippen molar-refractivity contribution in [3.05, 3.63) is 34.9 Å². The minimum absolute atomic E-state index is 0.153. The third-order valence-corrected chi connectivity index (χ3v) is 3.22. The minimum atomic E-state index is 0.153. The Bertz CT molecular complexity index is 413. The fourth-order valence-electron chi connectivity index (χ4n) is 2.40. The predicted octanol–water partition coefficient (Wildman–Crippen LogP) is 3.82. The van der Waals surface area contributed by atoms with Crippen molar-refractivity contribution >= 4 is 5.91 Å². The van der Waals surface area contributed by atoms with E-state index >= 15 is 0 Å². The molecule has 1 aromatic carbocycles. The number of carbonyl (C=O) groups excluding carboxylic acids is 1. The van der Waals surface area contributed by atoms with Gasteiger partial charge in [-0.05, 0) is 52.7 Å². The minimum Gasteiger partial charge on any atom is -0.334 e. The number of hydrogen-bond donors (Lipinski definition) is 0. The van der Waals surface area contributed by atoms with Gasteiger partial charge in [-0.1, -0.05) is 24.6 Å². The molecule has 0 saturated heterocycles. The molecule has 2 heteroatoms. The van der Waals surface area contributed by atoms with Crippen LogP contribution in [0.15, 0.2) is 18.2 Å². The molecular weight excluding hydrogens is 222 g/mol. The monoisotopic (exact) mass is 247 g/mol. The maximum atomic E-state index is 12.7. The lowest BCUT2D eigenvalue weighted by molar-refractivity contribution is 0.0642. The standard InChI is InChI=1S/C16H25NO/c1-7-14-9-8-13(6)10-15(14)16(18)17(11(2)3)12(4)5/h8-12H,7H2,1-6H3. The zero-order chi connectivity index (χ0) is 13.9. The first kappa shape index (κ1) is 14.7. The van der Waals surface area contributed by atoms with E-state index in [4.69, 9.17) is 0 Å². The van der Waals surface area contributed by atoms with Gasteiger partial charge in [-0.2, -0.15) is 0 Å². The van der Waals surface area contributed by atoms with Crippen molar-refractivity contribution in [2.45, 2.75) is 60.0 Å². The summed E-state index contributed by atoms with van der Waals surface area (Å²) in [6, 6.07) is 6.61. The summed E-state index contributed by atoms with van der Waals surface area (Å²) < 4.78 is 0. The summed E-state index contributed by atoms with van der Waals surface area (Å²) in [5, 5.41) is 0. The molecule has 0 saturated carbocycles. The zero-order valence-corrected chi connectivity index (χ0v) is 12.4. The molecule has 0 aliphatic heterocycles. The molecular formula is C16H25NO. The first-order chi connectivity index (χ1) is 8.38. The quantitative estimate of drug-likeness (QED) is 0.792. The SMILES string of the molecule is CCc1ccc(C)cc1C(=O)N(C(C)C)C(C)C. The number of nitrogens with zero attached hydrogens (tertiary/aromatic N) is 1. The van der Waals surface area contributed by atoms with Crippen LogP contribution >= 0.6 is 0 Å². The lowest BCUT2D eigenvalue weighted by Gasteiger charge is -2.31. The number of amides is 1. The first-order valence-electron chi connectivity index (χ1n) is 6.80. The molecule has 0 atom stereocenters. The Hall–Kier alpha value is -1.31. The van der Waals surface area contributed by atoms with E-state index in [1.54, 1.807) is 0 Å². The Balaban J connectivity index is 3.19. The second kappa shape index (κ2) is 6.03. The van der Waals surface area contributed by atoms with E-state index in [-0.39, 0.29) is 18.0 Å². The van der Waals surface area contributed by atoms with Crippen LogP contribution < -0.4 is 0 Å². The molecule has 18 heavy (non-hydrogen) atoms. The number of hydrogen-bond acceptors (Lipinski definition) is 1. The summed E-state index contributed by atoms with van der Waals surface area (Å²) >= 11 is 0. The van der Waals surface area contributed by atoms with Gasteiger partial charge in [0.25, 0.3) is 5.91 Å². The lowest BCUT2D eigenvalue weighted by atomic mass is 10.0. The van der Waals surface area contributed by atoms with Crippen molar-refractivity contribution in [2.75, 3.05) is 0 Å². The zero-order valence-electron chi connectivity index (χ0n) is 12.4. The van der Waals surface area contributed by atoms with Gasteiger partial charge in [0, 0.05) is 17.6 Å². The second-order valence-electron chi connectivity index (χ2n) is 5.41. The van der Waals surface area contributed by atoms with Gasteiger partial charge in [-0.3, -0.25) is 4.79 Å². The van der Waals surface area contributed by atoms with Gasteiger partial charge in [0.2, 0.25) is 0 Å². The highest BCUT2D eigenvalue weighted by Crippen LogP contribution is 2.18. The maximum absolute atomic E-state index is 12.7. The van der Waals surface area contributed by atoms with Gasteiger partial charge < -0.3 is 4.90 Å². The molecule has 0 unspecified atom stereocenters. The molecule has 0 aliphatic carbocycles. The third-order valence-electron chi connectivity index (χ3n) is 3.22. The highest BCUT2D eigenvalue weighted by molar-refractivity contribution is 5.96. The van der Waals surface area contributed by atoms with E-state index < -0.39 is 0 Å². The van der Waals surface area contributed by atoms with Crippen LogP contribution in [0.25, 0.3) is 0 Å². The molecule has 2 nitrogen and oxygen atoms in total. The molecule has 100 valence electrons. The Morgan fingerprint density at radius 3 is 2.17 bits per heavy atom. The van der Waals surface area contributed by atoms with Crippen molar-refractivity contribution in [3.63, 3.8) is 0 Å². The number of rotatable bonds is 4. The summed E-state index contributed by atoms with van der Waals surface area (Å²) in [5.74, 6) is 0.153. The van der Waals surface area contributed by atoms with Crippen LogP contribution in [0, 0.1) is 6.92 Å². The van der Waals surface area contributed by atoms with Gasteiger partial charge >= 0.3 is 0 Å². The fourth-order valence-corrected chi connectivity index (χ4v) is 2.40. The van der Waals surface area contributed by atoms with Crippen molar-refractivity contribution < 1.29 is 4.79 Å². The molecule has 0 aromatic heterocycles. The number of carbonyl (C=O) groups is 1. The summed E-state index contributed by atoms with van der Waals surface area (Å²) in [4.78, 5) is 14.6. The fraction of sp³-hybridized carbons (Fsp3) is 0.562. The molecule has 0 spiro atoms. The van der Waals surface area contributed by atoms with Crippen LogP contribution in [0.3, 0.4) is 0 Å². The molecule has 0 bridgehead atoms. The average Bonchev–Trinajstić information content (AvgIpc) is 2.27. The highest BCUT2D eigenvalue weighted by atomic mass is 16.2. The van der Waals surface area contributed by atoms with Crippen molar-refractivity contribution in [1.82, 2.24) is 4.90 Å². The van der Waals surface area contributed by atoms with Gasteiger partial charge in [0.1, 0.15) is 0 Å². The topological polar surface area (TPSA) is 20.3 Å². The largest absolute Gasteiger partial charge is 0.334 e. The first-order valence-corrected chi connectivity index (χ1v) is 6.80. The van der Waals surface area contributed by atoms with E-state index in [0.717, 1.165) is 23.1 Å². The molecule has 0 aliphatic rings. The summed E-state index contributed by atoms with van der Waals surface area (Å²) in [6.45, 7) is 12.4. The molecule has 0 radical (unpaired) electrons. The van der Waals surface area contributed by atoms with E-state index in [1.807, 2.05) is 17.9 Å². The average molecular weight is 247 g/mol. The Labute approximate surface area is 111 Å². The summed E-state index contributed by atoms with van der Waals surface area (Å²) in [7, 11) is 0. The van der Waals surface area contributed by atoms with Crippen molar-refractivity contribution in [1.29, 1.82) is 0 Å². The number of benzene rings is 1. The Morgan fingerprint density at radius 2 is 1.72 bits per heavy atom. The maximum Gasteiger partial charge on any atom is 0.254 e. The lowest BCUT2D eigenvalue weighted by Crippen LogP contribution is -2.42. The predicted molar refractivity (Wildman–Crippen MR) is 77.0 cm³/mol. The molecule has 1 aromatic rings. The van der Waals surface area contributed by atoms with Crippen LogP contribution in [0.5, 0.6) is 0 Å². The normalized spacial score (nSPS) is 11.1. The molecule has 0 heterocycles. The van der Waals surface area contributed by atoms with E-state index in [0.29, 0.717) is 0 Å². The van der Waals surface area contributed by atoms with Crippen molar-refractivity contribution in [2.24, 2.45) is 0 Å². The van der Waals surface area contributed by atoms with Crippen LogP contribution in [-0.4, -0.2) is 22.9 Å². The smallest absolute Gasteiger partial charge is 0.254 e. The highest BCUT2D eigenvalue weighted by Gasteiger charge is 2.23. The Kier molecular flexibility index (Phi) is 4.94. The second-order valence-corrected chi connectivity index (χ2v) is 5.41. The molecule has 0 N–H and O–H groups in total. The van der Waals surface area contributed by atoms with Gasteiger partial charge in [0.15, 0.2) is 0 Å². The van der Waals surface area contributed by atoms with E-state index in [2.05, 4.69) is 46.8 Å². The van der Waals surface area contributed by atoms with Gasteiger partial charge in [-0.25, -0.2) is 0 Å². The third kappa shape index (κ3) is 3.12. The Morgan fingerprint density at radius 1 is 1.17 bits per heavy atom. The summed E-state index contributed by atoms with van der Waals surface area (Å²) in [6.07, 6.45) is 0.894. The number of aryl methyl sites for hydroxylation is 2. The molecule has 0 fully saturated rings. The molecule has 1 amide bonds. The van der Waals surface area contributed by atoms with E-state index in [1.165, 1.54) is 0 Å². The molecule has 1 rings (SSSR count). The van der Waals surface area contributed by atoms with Crippen LogP contribution in [0.2, 0.25) is 0 Å². The van der Waals surface area contributed by atoms with E-state index in [9.17, 15) is 4.79 Å². The van der Waals surface area contributed by atoms with Crippen LogP contribution in [-0.2, 0) is 6.42 Å². The summed E-state index contributed by atoms with van der Waals surface area (Å²) in [5.41, 5.74) is 3.14. The van der Waals surface area contributed by atoms with Gasteiger partial charge in [-0.15, -0.1) is 0 Å².